The molecule has 0 aromatic heterocycles. The number of fused-ring (bicyclic) bond motifs is 1. The zero-order valence-electron chi connectivity index (χ0n) is 42.7. The van der Waals surface area contributed by atoms with E-state index in [1.54, 1.807) is 0 Å². The van der Waals surface area contributed by atoms with Gasteiger partial charge in [-0.1, -0.05) is 168 Å². The van der Waals surface area contributed by atoms with Crippen molar-refractivity contribution in [2.45, 2.75) is 182 Å². The molecule has 1 aliphatic rings. The molecule has 0 unspecified atom stereocenters. The first-order valence-corrected chi connectivity index (χ1v) is 27.1. The van der Waals surface area contributed by atoms with E-state index in [9.17, 15) is 0 Å². The van der Waals surface area contributed by atoms with Gasteiger partial charge in [-0.3, -0.25) is 0 Å². The second-order valence-electron chi connectivity index (χ2n) is 18.2. The second-order valence-corrected chi connectivity index (χ2v) is 18.2. The lowest BCUT2D eigenvalue weighted by Crippen LogP contribution is -2.13. The molecule has 1 aliphatic heterocycles. The summed E-state index contributed by atoms with van der Waals surface area (Å²) in [7, 11) is 0. The predicted molar refractivity (Wildman–Crippen MR) is 276 cm³/mol. The van der Waals surface area contributed by atoms with E-state index in [1.165, 1.54) is 116 Å². The molecule has 0 saturated carbocycles. The van der Waals surface area contributed by atoms with E-state index in [1.807, 2.05) is 0 Å². The van der Waals surface area contributed by atoms with Crippen LogP contribution in [0.15, 0.2) is 48.5 Å². The first-order valence-electron chi connectivity index (χ1n) is 27.1. The van der Waals surface area contributed by atoms with Crippen LogP contribution in [0.2, 0.25) is 0 Å². The highest BCUT2D eigenvalue weighted by Crippen LogP contribution is 2.45. The molecule has 0 aliphatic carbocycles. The molecule has 0 radical (unpaired) electrons. The highest BCUT2D eigenvalue weighted by atomic mass is 16.6. The van der Waals surface area contributed by atoms with Crippen molar-refractivity contribution in [3.63, 3.8) is 0 Å². The van der Waals surface area contributed by atoms with Crippen LogP contribution in [0, 0.1) is 0 Å². The van der Waals surface area contributed by atoms with E-state index < -0.39 is 0 Å². The molecule has 1 heterocycles. The zero-order chi connectivity index (χ0) is 47.3. The number of hydrogen-bond donors (Lipinski definition) is 0. The van der Waals surface area contributed by atoms with Gasteiger partial charge < -0.3 is 42.6 Å². The Morgan fingerprint density at radius 2 is 0.597 bits per heavy atom. The van der Waals surface area contributed by atoms with Gasteiger partial charge in [-0.05, 0) is 84.3 Å². The highest BCUT2D eigenvalue weighted by molar-refractivity contribution is 5.87. The molecule has 9 heteroatoms. The Balaban J connectivity index is 1.73. The smallest absolute Gasteiger partial charge is 0.161 e. The van der Waals surface area contributed by atoms with E-state index in [0.717, 1.165) is 83.8 Å². The van der Waals surface area contributed by atoms with Gasteiger partial charge in [0.25, 0.3) is 0 Å². The van der Waals surface area contributed by atoms with Crippen LogP contribution in [-0.2, 0) is 14.2 Å². The van der Waals surface area contributed by atoms with Crippen LogP contribution in [0.5, 0.6) is 34.5 Å². The minimum Gasteiger partial charge on any atom is -0.490 e. The van der Waals surface area contributed by atoms with Gasteiger partial charge in [0.05, 0.1) is 66.1 Å². The maximum absolute atomic E-state index is 6.64. The second kappa shape index (κ2) is 37.3. The van der Waals surface area contributed by atoms with Crippen molar-refractivity contribution in [1.82, 2.24) is 0 Å². The van der Waals surface area contributed by atoms with Crippen molar-refractivity contribution >= 4 is 0 Å². The lowest BCUT2D eigenvalue weighted by Gasteiger charge is -2.20. The third-order valence-electron chi connectivity index (χ3n) is 12.3. The first kappa shape index (κ1) is 55.9. The fourth-order valence-corrected chi connectivity index (χ4v) is 8.30. The topological polar surface area (TPSA) is 83.1 Å². The molecular formula is C58H92O9. The Morgan fingerprint density at radius 1 is 0.313 bits per heavy atom. The van der Waals surface area contributed by atoms with Gasteiger partial charge in [0.15, 0.2) is 34.5 Å². The molecule has 378 valence electrons. The number of unbranched alkanes of at least 4 members (excludes halogenated alkanes) is 20. The van der Waals surface area contributed by atoms with Crippen LogP contribution in [0.25, 0.3) is 22.3 Å². The van der Waals surface area contributed by atoms with Crippen LogP contribution in [-0.4, -0.2) is 79.3 Å². The van der Waals surface area contributed by atoms with Crippen molar-refractivity contribution in [3.05, 3.63) is 48.5 Å². The van der Waals surface area contributed by atoms with Crippen LogP contribution in [0.1, 0.15) is 182 Å². The average Bonchev–Trinajstić information content (AvgIpc) is 3.35. The number of ether oxygens (including phenoxy) is 9. The average molecular weight is 933 g/mol. The molecule has 9 nitrogen and oxygen atoms in total. The Kier molecular flexibility index (Phi) is 31.1. The van der Waals surface area contributed by atoms with E-state index in [-0.39, 0.29) is 0 Å². The fraction of sp³-hybridized carbons (Fsp3) is 0.690. The van der Waals surface area contributed by atoms with E-state index in [0.29, 0.717) is 90.8 Å². The monoisotopic (exact) mass is 933 g/mol. The third kappa shape index (κ3) is 23.5. The van der Waals surface area contributed by atoms with Crippen LogP contribution in [0.3, 0.4) is 0 Å². The van der Waals surface area contributed by atoms with Gasteiger partial charge >= 0.3 is 0 Å². The molecule has 0 spiro atoms. The van der Waals surface area contributed by atoms with Crippen molar-refractivity contribution < 1.29 is 42.6 Å². The Labute approximate surface area is 407 Å². The zero-order valence-corrected chi connectivity index (χ0v) is 42.7. The first-order chi connectivity index (χ1) is 33.2. The molecular weight excluding hydrogens is 841 g/mol. The molecule has 0 atom stereocenters. The van der Waals surface area contributed by atoms with Crippen molar-refractivity contribution in [3.8, 4) is 56.8 Å². The highest BCUT2D eigenvalue weighted by Gasteiger charge is 2.20. The maximum atomic E-state index is 6.64. The molecule has 0 N–H and O–H groups in total. The molecule has 0 amide bonds. The largest absolute Gasteiger partial charge is 0.490 e. The van der Waals surface area contributed by atoms with Gasteiger partial charge in [0, 0.05) is 0 Å². The van der Waals surface area contributed by atoms with Crippen LogP contribution >= 0.6 is 0 Å². The summed E-state index contributed by atoms with van der Waals surface area (Å²) in [4.78, 5) is 0. The van der Waals surface area contributed by atoms with Gasteiger partial charge in [0.2, 0.25) is 0 Å². The number of rotatable bonds is 34. The lowest BCUT2D eigenvalue weighted by atomic mass is 9.93. The third-order valence-corrected chi connectivity index (χ3v) is 12.3. The van der Waals surface area contributed by atoms with Crippen LogP contribution < -0.4 is 28.4 Å². The Morgan fingerprint density at radius 3 is 0.925 bits per heavy atom. The van der Waals surface area contributed by atoms with Gasteiger partial charge in [0.1, 0.15) is 13.2 Å². The Bertz CT molecular complexity index is 1560. The molecule has 0 bridgehead atoms. The van der Waals surface area contributed by atoms with Gasteiger partial charge in [-0.25, -0.2) is 0 Å². The molecule has 3 aromatic rings. The van der Waals surface area contributed by atoms with E-state index >= 15 is 0 Å². The summed E-state index contributed by atoms with van der Waals surface area (Å²) in [6.07, 6.45) is 28.9. The molecule has 3 aromatic carbocycles. The quantitative estimate of drug-likeness (QED) is 0.0544. The minimum absolute atomic E-state index is 0.366. The maximum Gasteiger partial charge on any atom is 0.161 e. The van der Waals surface area contributed by atoms with Crippen molar-refractivity contribution in [2.24, 2.45) is 0 Å². The SMILES string of the molecule is CCCCCCCCOc1ccc(-c2cc3c(cc2-c2ccc(OCCCCCCCC)c(OCCCCCCCC)c2)OCCOCCOCCOCCO3)cc1OCCCCCCCC. The summed E-state index contributed by atoms with van der Waals surface area (Å²) in [5.74, 6) is 4.40. The van der Waals surface area contributed by atoms with Gasteiger partial charge in [-0.15, -0.1) is 0 Å². The summed E-state index contributed by atoms with van der Waals surface area (Å²) >= 11 is 0. The summed E-state index contributed by atoms with van der Waals surface area (Å²) < 4.78 is 56.6. The molecule has 0 saturated heterocycles. The molecule has 4 rings (SSSR count). The standard InChI is InChI=1S/C58H92O9/c1-5-9-13-17-21-25-33-62-53-31-29-49(45-55(53)64-35-27-23-19-15-11-7-3)51-47-57-58(67-44-42-61-40-38-59-37-39-60-41-43-66-57)48-52(51)50-30-32-54(63-34-26-22-18-14-10-6-2)56(46-50)65-36-28-24-20-16-12-8-4/h29-32,45-48H,5-28,33-44H2,1-4H3. The summed E-state index contributed by atoms with van der Waals surface area (Å²) in [6.45, 7) is 15.3. The fourth-order valence-electron chi connectivity index (χ4n) is 8.30. The van der Waals surface area contributed by atoms with Crippen LogP contribution in [0.4, 0.5) is 0 Å². The van der Waals surface area contributed by atoms with E-state index in [2.05, 4.69) is 76.2 Å². The van der Waals surface area contributed by atoms with Gasteiger partial charge in [-0.2, -0.15) is 0 Å². The molecule has 67 heavy (non-hydrogen) atoms. The van der Waals surface area contributed by atoms with Crippen molar-refractivity contribution in [1.29, 1.82) is 0 Å². The summed E-state index contributed by atoms with van der Waals surface area (Å²) in [5, 5.41) is 0. The lowest BCUT2D eigenvalue weighted by molar-refractivity contribution is 0.00708. The minimum atomic E-state index is 0.366. The van der Waals surface area contributed by atoms with E-state index in [4.69, 9.17) is 42.6 Å². The number of benzene rings is 3. The number of hydrogen-bond acceptors (Lipinski definition) is 9. The van der Waals surface area contributed by atoms with Crippen molar-refractivity contribution in [2.75, 3.05) is 79.3 Å². The predicted octanol–water partition coefficient (Wildman–Crippen LogP) is 15.8. The summed E-state index contributed by atoms with van der Waals surface area (Å²) in [6, 6.07) is 17.0. The molecule has 0 fully saturated rings. The Hall–Kier alpha value is -3.66. The normalized spacial score (nSPS) is 13.7. The summed E-state index contributed by atoms with van der Waals surface area (Å²) in [5.41, 5.74) is 3.97.